The van der Waals surface area contributed by atoms with Gasteiger partial charge < -0.3 is 9.64 Å². The minimum atomic E-state index is -0.465. The molecule has 0 radical (unpaired) electrons. The maximum atomic E-state index is 12.7. The molecule has 3 rings (SSSR count). The van der Waals surface area contributed by atoms with Gasteiger partial charge in [-0.1, -0.05) is 18.2 Å². The molecule has 1 atom stereocenters. The molecule has 1 aliphatic rings. The summed E-state index contributed by atoms with van der Waals surface area (Å²) in [5.74, 6) is 0.795. The summed E-state index contributed by atoms with van der Waals surface area (Å²) in [5.41, 5.74) is 1.21. The van der Waals surface area contributed by atoms with Gasteiger partial charge in [0.15, 0.2) is 6.10 Å². The van der Waals surface area contributed by atoms with Crippen molar-refractivity contribution in [1.29, 1.82) is 0 Å². The van der Waals surface area contributed by atoms with E-state index in [1.165, 1.54) is 5.56 Å². The monoisotopic (exact) mass is 342 g/mol. The predicted octanol–water partition coefficient (Wildman–Crippen LogP) is 1.92. The molecule has 0 aliphatic carbocycles. The fraction of sp³-hybridized carbons (Fsp3) is 0.474. The number of benzene rings is 1. The van der Waals surface area contributed by atoms with Gasteiger partial charge in [0.05, 0.1) is 6.20 Å². The number of amides is 1. The molecule has 6 nitrogen and oxygen atoms in total. The first-order valence-corrected chi connectivity index (χ1v) is 8.82. The zero-order chi connectivity index (χ0) is 17.6. The van der Waals surface area contributed by atoms with Gasteiger partial charge in [-0.15, -0.1) is 0 Å². The lowest BCUT2D eigenvalue weighted by molar-refractivity contribution is -0.137. The first-order valence-electron chi connectivity index (χ1n) is 8.82. The number of hydrogen-bond acceptors (Lipinski definition) is 4. The first kappa shape index (κ1) is 17.5. The Morgan fingerprint density at radius 1 is 1.20 bits per heavy atom. The Morgan fingerprint density at radius 3 is 2.72 bits per heavy atom. The van der Waals surface area contributed by atoms with E-state index in [0.29, 0.717) is 0 Å². The molecule has 2 aromatic rings. The number of rotatable bonds is 5. The smallest absolute Gasteiger partial charge is 0.263 e. The third kappa shape index (κ3) is 4.82. The van der Waals surface area contributed by atoms with Gasteiger partial charge in [-0.3, -0.25) is 14.4 Å². The summed E-state index contributed by atoms with van der Waals surface area (Å²) in [6, 6.07) is 9.51. The van der Waals surface area contributed by atoms with E-state index in [0.717, 1.165) is 44.9 Å². The van der Waals surface area contributed by atoms with Crippen LogP contribution in [0.5, 0.6) is 5.75 Å². The van der Waals surface area contributed by atoms with Crippen molar-refractivity contribution < 1.29 is 9.53 Å². The topological polar surface area (TPSA) is 50.6 Å². The molecule has 0 unspecified atom stereocenters. The van der Waals surface area contributed by atoms with Gasteiger partial charge in [-0.25, -0.2) is 0 Å². The Balaban J connectivity index is 1.52. The van der Waals surface area contributed by atoms with Gasteiger partial charge in [0.25, 0.3) is 5.91 Å². The maximum Gasteiger partial charge on any atom is 0.263 e. The van der Waals surface area contributed by atoms with Crippen molar-refractivity contribution >= 4 is 5.91 Å². The zero-order valence-corrected chi connectivity index (χ0v) is 15.0. The van der Waals surface area contributed by atoms with Gasteiger partial charge >= 0.3 is 0 Å². The Bertz CT molecular complexity index is 686. The van der Waals surface area contributed by atoms with Crippen molar-refractivity contribution in [1.82, 2.24) is 19.6 Å². The molecule has 0 N–H and O–H groups in total. The second kappa shape index (κ2) is 8.16. The average molecular weight is 342 g/mol. The molecule has 2 heterocycles. The summed E-state index contributed by atoms with van der Waals surface area (Å²) >= 11 is 0. The first-order chi connectivity index (χ1) is 12.1. The standard InChI is InChI=1S/C19H26N4O2/c1-16(25-18-7-4-3-5-8-18)19(24)23-10-6-9-22(11-12-23)15-17-13-20-21(2)14-17/h3-5,7-8,13-14,16H,6,9-12,15H2,1-2H3/t16-/m0/s1. The van der Waals surface area contributed by atoms with Crippen LogP contribution in [0.1, 0.15) is 18.9 Å². The minimum Gasteiger partial charge on any atom is -0.481 e. The number of aryl methyl sites for hydroxylation is 1. The number of nitrogens with zero attached hydrogens (tertiary/aromatic N) is 4. The van der Waals surface area contributed by atoms with Gasteiger partial charge in [0.1, 0.15) is 5.75 Å². The third-order valence-corrected chi connectivity index (χ3v) is 4.47. The minimum absolute atomic E-state index is 0.0621. The third-order valence-electron chi connectivity index (χ3n) is 4.47. The molecular formula is C19H26N4O2. The molecule has 0 bridgehead atoms. The number of para-hydroxylation sites is 1. The van der Waals surface area contributed by atoms with Crippen LogP contribution in [0.25, 0.3) is 0 Å². The summed E-state index contributed by atoms with van der Waals surface area (Å²) in [5, 5.41) is 4.22. The summed E-state index contributed by atoms with van der Waals surface area (Å²) in [6.07, 6.45) is 4.46. The Morgan fingerprint density at radius 2 is 2.00 bits per heavy atom. The van der Waals surface area contributed by atoms with Crippen LogP contribution in [0.4, 0.5) is 0 Å². The van der Waals surface area contributed by atoms with Crippen molar-refractivity contribution in [2.24, 2.45) is 7.05 Å². The highest BCUT2D eigenvalue weighted by Gasteiger charge is 2.24. The lowest BCUT2D eigenvalue weighted by atomic mass is 10.3. The molecular weight excluding hydrogens is 316 g/mol. The Kier molecular flexibility index (Phi) is 5.71. The van der Waals surface area contributed by atoms with Crippen LogP contribution in [0.3, 0.4) is 0 Å². The molecule has 6 heteroatoms. The van der Waals surface area contributed by atoms with Crippen LogP contribution in [-0.2, 0) is 18.4 Å². The van der Waals surface area contributed by atoms with E-state index in [2.05, 4.69) is 10.00 Å². The molecule has 0 saturated carbocycles. The second-order valence-corrected chi connectivity index (χ2v) is 6.55. The van der Waals surface area contributed by atoms with Crippen molar-refractivity contribution in [2.45, 2.75) is 26.0 Å². The summed E-state index contributed by atoms with van der Waals surface area (Å²) < 4.78 is 7.60. The lowest BCUT2D eigenvalue weighted by Crippen LogP contribution is -2.42. The molecule has 1 aliphatic heterocycles. The fourth-order valence-electron chi connectivity index (χ4n) is 3.17. The highest BCUT2D eigenvalue weighted by atomic mass is 16.5. The lowest BCUT2D eigenvalue weighted by Gasteiger charge is -2.25. The van der Waals surface area contributed by atoms with Crippen molar-refractivity contribution in [3.05, 3.63) is 48.3 Å². The van der Waals surface area contributed by atoms with E-state index in [4.69, 9.17) is 4.74 Å². The zero-order valence-electron chi connectivity index (χ0n) is 15.0. The molecule has 1 fully saturated rings. The Labute approximate surface area is 149 Å². The number of carbonyl (C=O) groups is 1. The van der Waals surface area contributed by atoms with E-state index in [1.807, 2.05) is 66.3 Å². The molecule has 25 heavy (non-hydrogen) atoms. The SMILES string of the molecule is C[C@H](Oc1ccccc1)C(=O)N1CCCN(Cc2cnn(C)c2)CC1. The highest BCUT2D eigenvalue weighted by Crippen LogP contribution is 2.14. The van der Waals surface area contributed by atoms with E-state index >= 15 is 0 Å². The number of carbonyl (C=O) groups excluding carboxylic acids is 1. The van der Waals surface area contributed by atoms with Crippen molar-refractivity contribution in [3.63, 3.8) is 0 Å². The highest BCUT2D eigenvalue weighted by molar-refractivity contribution is 5.81. The van der Waals surface area contributed by atoms with Crippen molar-refractivity contribution in [3.8, 4) is 5.75 Å². The summed E-state index contributed by atoms with van der Waals surface area (Å²) in [7, 11) is 1.93. The van der Waals surface area contributed by atoms with E-state index in [-0.39, 0.29) is 5.91 Å². The van der Waals surface area contributed by atoms with E-state index in [1.54, 1.807) is 0 Å². The predicted molar refractivity (Wildman–Crippen MR) is 96.2 cm³/mol. The van der Waals surface area contributed by atoms with Crippen LogP contribution in [0, 0.1) is 0 Å². The van der Waals surface area contributed by atoms with Gasteiger partial charge in [-0.05, 0) is 25.5 Å². The van der Waals surface area contributed by atoms with Gasteiger partial charge in [-0.2, -0.15) is 5.10 Å². The molecule has 1 aromatic heterocycles. The maximum absolute atomic E-state index is 12.7. The van der Waals surface area contributed by atoms with Crippen LogP contribution in [0.2, 0.25) is 0 Å². The number of ether oxygens (including phenoxy) is 1. The van der Waals surface area contributed by atoms with Crippen LogP contribution in [0.15, 0.2) is 42.7 Å². The number of hydrogen-bond donors (Lipinski definition) is 0. The van der Waals surface area contributed by atoms with E-state index in [9.17, 15) is 4.79 Å². The molecule has 1 aromatic carbocycles. The van der Waals surface area contributed by atoms with E-state index < -0.39 is 6.10 Å². The quantitative estimate of drug-likeness (QED) is 0.833. The molecule has 1 saturated heterocycles. The van der Waals surface area contributed by atoms with Crippen LogP contribution < -0.4 is 4.74 Å². The average Bonchev–Trinajstić information content (AvgIpc) is 2.88. The van der Waals surface area contributed by atoms with Crippen molar-refractivity contribution in [2.75, 3.05) is 26.2 Å². The van der Waals surface area contributed by atoms with Crippen LogP contribution in [-0.4, -0.2) is 57.8 Å². The normalized spacial score (nSPS) is 17.1. The summed E-state index contributed by atoms with van der Waals surface area (Å²) in [4.78, 5) is 17.0. The number of aromatic nitrogens is 2. The van der Waals surface area contributed by atoms with Gasteiger partial charge in [0.2, 0.25) is 0 Å². The molecule has 0 spiro atoms. The Hall–Kier alpha value is -2.34. The largest absolute Gasteiger partial charge is 0.481 e. The molecule has 134 valence electrons. The molecule has 1 amide bonds. The fourth-order valence-corrected chi connectivity index (χ4v) is 3.17. The summed E-state index contributed by atoms with van der Waals surface area (Å²) in [6.45, 7) is 6.09. The van der Waals surface area contributed by atoms with Gasteiger partial charge in [0, 0.05) is 51.5 Å². The second-order valence-electron chi connectivity index (χ2n) is 6.55. The van der Waals surface area contributed by atoms with Crippen LogP contribution >= 0.6 is 0 Å².